The molecular formula is C21H22N4O3S. The molecule has 150 valence electrons. The predicted octanol–water partition coefficient (Wildman–Crippen LogP) is 3.82. The van der Waals surface area contributed by atoms with Crippen molar-refractivity contribution in [3.63, 3.8) is 0 Å². The minimum absolute atomic E-state index is 0.0833. The molecule has 2 heterocycles. The Hall–Kier alpha value is -3.00. The van der Waals surface area contributed by atoms with E-state index in [1.54, 1.807) is 24.3 Å². The third-order valence-corrected chi connectivity index (χ3v) is 6.51. The minimum Gasteiger partial charge on any atom is -0.339 e. The molecule has 0 atom stereocenters. The SMILES string of the molecule is CCCn1cnc2ccc(-c3noc(CCS(=O)(=O)c4ccc(C)cc4)n3)cc21. The normalized spacial score (nSPS) is 11.9. The monoisotopic (exact) mass is 410 g/mol. The first-order valence-electron chi connectivity index (χ1n) is 9.53. The van der Waals surface area contributed by atoms with Crippen molar-refractivity contribution in [2.75, 3.05) is 5.75 Å². The molecule has 2 aromatic heterocycles. The van der Waals surface area contributed by atoms with Crippen LogP contribution in [0.15, 0.2) is 58.2 Å². The molecule has 0 aliphatic heterocycles. The fourth-order valence-electron chi connectivity index (χ4n) is 3.17. The van der Waals surface area contributed by atoms with Crippen LogP contribution in [0.5, 0.6) is 0 Å². The fourth-order valence-corrected chi connectivity index (χ4v) is 4.40. The zero-order valence-corrected chi connectivity index (χ0v) is 17.2. The first-order chi connectivity index (χ1) is 14.0. The van der Waals surface area contributed by atoms with Crippen LogP contribution < -0.4 is 0 Å². The van der Waals surface area contributed by atoms with Gasteiger partial charge in [0.05, 0.1) is 28.0 Å². The van der Waals surface area contributed by atoms with Crippen LogP contribution in [-0.4, -0.2) is 33.9 Å². The van der Waals surface area contributed by atoms with Gasteiger partial charge in [-0.05, 0) is 43.7 Å². The summed E-state index contributed by atoms with van der Waals surface area (Å²) in [5, 5.41) is 4.03. The summed E-state index contributed by atoms with van der Waals surface area (Å²) in [6, 6.07) is 12.6. The van der Waals surface area contributed by atoms with E-state index in [2.05, 4.69) is 26.6 Å². The molecule has 4 rings (SSSR count). The first kappa shape index (κ1) is 19.3. The van der Waals surface area contributed by atoms with Crippen LogP contribution in [0.3, 0.4) is 0 Å². The summed E-state index contributed by atoms with van der Waals surface area (Å²) >= 11 is 0. The Kier molecular flexibility index (Phi) is 5.19. The van der Waals surface area contributed by atoms with Gasteiger partial charge in [0.25, 0.3) is 0 Å². The average molecular weight is 410 g/mol. The van der Waals surface area contributed by atoms with Crippen LogP contribution in [-0.2, 0) is 22.8 Å². The summed E-state index contributed by atoms with van der Waals surface area (Å²) in [4.78, 5) is 9.09. The van der Waals surface area contributed by atoms with Crippen molar-refractivity contribution >= 4 is 20.9 Å². The molecule has 0 fully saturated rings. The van der Waals surface area contributed by atoms with Crippen molar-refractivity contribution in [1.82, 2.24) is 19.7 Å². The van der Waals surface area contributed by atoms with E-state index in [1.807, 2.05) is 31.5 Å². The lowest BCUT2D eigenvalue weighted by Crippen LogP contribution is -2.09. The van der Waals surface area contributed by atoms with Gasteiger partial charge in [0.15, 0.2) is 9.84 Å². The van der Waals surface area contributed by atoms with Gasteiger partial charge in [-0.3, -0.25) is 0 Å². The highest BCUT2D eigenvalue weighted by Crippen LogP contribution is 2.23. The highest BCUT2D eigenvalue weighted by Gasteiger charge is 2.17. The van der Waals surface area contributed by atoms with E-state index in [9.17, 15) is 8.42 Å². The van der Waals surface area contributed by atoms with Gasteiger partial charge in [-0.15, -0.1) is 0 Å². The molecule has 7 nitrogen and oxygen atoms in total. The maximum atomic E-state index is 12.5. The van der Waals surface area contributed by atoms with Crippen molar-refractivity contribution in [3.8, 4) is 11.4 Å². The van der Waals surface area contributed by atoms with Crippen molar-refractivity contribution in [1.29, 1.82) is 0 Å². The number of aryl methyl sites for hydroxylation is 3. The third kappa shape index (κ3) is 4.07. The number of hydrogen-bond donors (Lipinski definition) is 0. The van der Waals surface area contributed by atoms with E-state index >= 15 is 0 Å². The van der Waals surface area contributed by atoms with Gasteiger partial charge >= 0.3 is 0 Å². The number of hydrogen-bond acceptors (Lipinski definition) is 6. The van der Waals surface area contributed by atoms with Gasteiger partial charge in [-0.2, -0.15) is 4.98 Å². The van der Waals surface area contributed by atoms with E-state index < -0.39 is 9.84 Å². The van der Waals surface area contributed by atoms with Crippen molar-refractivity contribution in [2.24, 2.45) is 0 Å². The quantitative estimate of drug-likeness (QED) is 0.460. The second-order valence-corrected chi connectivity index (χ2v) is 9.14. The second kappa shape index (κ2) is 7.79. The van der Waals surface area contributed by atoms with E-state index in [-0.39, 0.29) is 12.2 Å². The zero-order chi connectivity index (χ0) is 20.4. The number of sulfone groups is 1. The molecule has 0 saturated heterocycles. The molecular weight excluding hydrogens is 388 g/mol. The Labute approximate surface area is 169 Å². The Balaban J connectivity index is 1.52. The Morgan fingerprint density at radius 1 is 1.10 bits per heavy atom. The van der Waals surface area contributed by atoms with Crippen LogP contribution in [0.25, 0.3) is 22.4 Å². The summed E-state index contributed by atoms with van der Waals surface area (Å²) < 4.78 is 32.4. The molecule has 4 aromatic rings. The number of aromatic nitrogens is 4. The Bertz CT molecular complexity index is 1240. The number of rotatable bonds is 7. The molecule has 8 heteroatoms. The van der Waals surface area contributed by atoms with Crippen LogP contribution >= 0.6 is 0 Å². The van der Waals surface area contributed by atoms with Gasteiger partial charge < -0.3 is 9.09 Å². The summed E-state index contributed by atoms with van der Waals surface area (Å²) in [5.74, 6) is 0.664. The van der Waals surface area contributed by atoms with E-state index in [0.29, 0.717) is 16.6 Å². The maximum absolute atomic E-state index is 12.5. The molecule has 0 aliphatic carbocycles. The van der Waals surface area contributed by atoms with E-state index in [1.165, 1.54) is 0 Å². The summed E-state index contributed by atoms with van der Waals surface area (Å²) in [6.07, 6.45) is 3.01. The zero-order valence-electron chi connectivity index (χ0n) is 16.4. The van der Waals surface area contributed by atoms with Crippen LogP contribution in [0.2, 0.25) is 0 Å². The molecule has 0 aliphatic rings. The highest BCUT2D eigenvalue weighted by molar-refractivity contribution is 7.91. The number of imidazole rings is 1. The molecule has 0 amide bonds. The summed E-state index contributed by atoms with van der Waals surface area (Å²) in [5.41, 5.74) is 3.75. The fraction of sp³-hybridized carbons (Fsp3) is 0.286. The van der Waals surface area contributed by atoms with Gasteiger partial charge in [-0.25, -0.2) is 13.4 Å². The van der Waals surface area contributed by atoms with Gasteiger partial charge in [0.1, 0.15) is 0 Å². The Morgan fingerprint density at radius 2 is 1.90 bits per heavy atom. The second-order valence-electron chi connectivity index (χ2n) is 7.04. The molecule has 2 aromatic carbocycles. The predicted molar refractivity (Wildman–Crippen MR) is 110 cm³/mol. The summed E-state index contributed by atoms with van der Waals surface area (Å²) in [6.45, 7) is 4.92. The first-order valence-corrected chi connectivity index (χ1v) is 11.2. The largest absolute Gasteiger partial charge is 0.339 e. The molecule has 0 bridgehead atoms. The van der Waals surface area contributed by atoms with Crippen LogP contribution in [0.1, 0.15) is 24.8 Å². The Morgan fingerprint density at radius 3 is 2.66 bits per heavy atom. The standard InChI is InChI=1S/C21H22N4O3S/c1-3-11-25-14-22-18-9-6-16(13-19(18)25)21-23-20(28-24-21)10-12-29(26,27)17-7-4-15(2)5-8-17/h4-9,13-14H,3,10-12H2,1-2H3. The van der Waals surface area contributed by atoms with Crippen molar-refractivity contribution < 1.29 is 12.9 Å². The molecule has 0 saturated carbocycles. The molecule has 0 radical (unpaired) electrons. The van der Waals surface area contributed by atoms with Crippen LogP contribution in [0.4, 0.5) is 0 Å². The molecule has 0 N–H and O–H groups in total. The highest BCUT2D eigenvalue weighted by atomic mass is 32.2. The average Bonchev–Trinajstić information content (AvgIpc) is 3.34. The van der Waals surface area contributed by atoms with Crippen molar-refractivity contribution in [3.05, 3.63) is 60.2 Å². The number of benzene rings is 2. The smallest absolute Gasteiger partial charge is 0.227 e. The molecule has 29 heavy (non-hydrogen) atoms. The van der Waals surface area contributed by atoms with Gasteiger partial charge in [0.2, 0.25) is 11.7 Å². The number of fused-ring (bicyclic) bond motifs is 1. The van der Waals surface area contributed by atoms with Crippen LogP contribution in [0, 0.1) is 6.92 Å². The molecule has 0 spiro atoms. The number of nitrogens with zero attached hydrogens (tertiary/aromatic N) is 4. The van der Waals surface area contributed by atoms with Gasteiger partial charge in [-0.1, -0.05) is 29.8 Å². The van der Waals surface area contributed by atoms with Gasteiger partial charge in [0, 0.05) is 18.5 Å². The summed E-state index contributed by atoms with van der Waals surface area (Å²) in [7, 11) is -3.40. The van der Waals surface area contributed by atoms with E-state index in [0.717, 1.165) is 35.1 Å². The maximum Gasteiger partial charge on any atom is 0.227 e. The topological polar surface area (TPSA) is 90.9 Å². The molecule has 0 unspecified atom stereocenters. The lowest BCUT2D eigenvalue weighted by molar-refractivity contribution is 0.382. The lowest BCUT2D eigenvalue weighted by Gasteiger charge is -2.03. The minimum atomic E-state index is -3.40. The lowest BCUT2D eigenvalue weighted by atomic mass is 10.2. The van der Waals surface area contributed by atoms with E-state index in [4.69, 9.17) is 4.52 Å². The third-order valence-electron chi connectivity index (χ3n) is 4.78. The van der Waals surface area contributed by atoms with Crippen molar-refractivity contribution in [2.45, 2.75) is 38.1 Å².